The Bertz CT molecular complexity index is 1350. The van der Waals surface area contributed by atoms with Crippen molar-refractivity contribution in [3.8, 4) is 0 Å². The van der Waals surface area contributed by atoms with Gasteiger partial charge in [0, 0.05) is 63.2 Å². The van der Waals surface area contributed by atoms with Crippen LogP contribution in [0, 0.1) is 11.8 Å². The molecular formula is C26H28Cl4N6O3S. The summed E-state index contributed by atoms with van der Waals surface area (Å²) in [5.74, 6) is 1.58. The molecule has 0 bridgehead atoms. The van der Waals surface area contributed by atoms with Gasteiger partial charge in [-0.15, -0.1) is 0 Å². The van der Waals surface area contributed by atoms with Crippen molar-refractivity contribution in [1.29, 1.82) is 0 Å². The molecule has 2 aromatic heterocycles. The van der Waals surface area contributed by atoms with Crippen molar-refractivity contribution in [2.75, 3.05) is 49.1 Å². The number of anilines is 2. The lowest BCUT2D eigenvalue weighted by Gasteiger charge is -2.29. The van der Waals surface area contributed by atoms with Gasteiger partial charge in [-0.05, 0) is 24.3 Å². The summed E-state index contributed by atoms with van der Waals surface area (Å²) in [7, 11) is -4.00. The van der Waals surface area contributed by atoms with Gasteiger partial charge in [-0.25, -0.2) is 9.97 Å². The molecule has 4 fully saturated rings. The Morgan fingerprint density at radius 3 is 1.48 bits per heavy atom. The molecule has 4 atom stereocenters. The number of pyridine rings is 2. The summed E-state index contributed by atoms with van der Waals surface area (Å²) < 4.78 is 29.2. The molecule has 9 nitrogen and oxygen atoms in total. The fourth-order valence-corrected chi connectivity index (χ4v) is 6.11. The van der Waals surface area contributed by atoms with E-state index >= 15 is 0 Å². The van der Waals surface area contributed by atoms with Gasteiger partial charge in [0.05, 0.1) is 38.7 Å². The van der Waals surface area contributed by atoms with Crippen molar-refractivity contribution in [3.05, 3.63) is 75.2 Å². The highest BCUT2D eigenvalue weighted by atomic mass is 35.5. The lowest BCUT2D eigenvalue weighted by atomic mass is 9.96. The van der Waals surface area contributed by atoms with E-state index in [1.165, 1.54) is 12.1 Å². The Morgan fingerprint density at radius 1 is 0.750 bits per heavy atom. The fraction of sp³-hybridized carbons (Fsp3) is 0.385. The van der Waals surface area contributed by atoms with Crippen LogP contribution in [0.1, 0.15) is 0 Å². The van der Waals surface area contributed by atoms with Crippen LogP contribution < -0.4 is 20.4 Å². The second kappa shape index (κ2) is 12.5. The molecule has 0 saturated carbocycles. The molecule has 6 heterocycles. The van der Waals surface area contributed by atoms with Crippen LogP contribution in [-0.2, 0) is 10.1 Å². The topological polar surface area (TPSA) is 111 Å². The third kappa shape index (κ3) is 6.94. The molecule has 4 aliphatic heterocycles. The molecule has 4 aliphatic rings. The van der Waals surface area contributed by atoms with E-state index < -0.39 is 10.1 Å². The lowest BCUT2D eigenvalue weighted by Crippen LogP contribution is -2.51. The van der Waals surface area contributed by atoms with Crippen LogP contribution in [-0.4, -0.2) is 74.3 Å². The standard InChI is InChI=1S/2C10H11Cl2N3.C6H6O3S/c2*11-8-1-7(3-14-10(8)12)15-4-6-2-13-9(6)5-15;7-10(8,9)6-4-2-1-3-5-6/h2*1,3,6,9,13H,2,4-5H2;1-5H,(H,7,8,9)/t2*6-,9+;/m00./s1. The maximum absolute atomic E-state index is 10.4. The van der Waals surface area contributed by atoms with Crippen LogP contribution in [0.2, 0.25) is 20.4 Å². The lowest BCUT2D eigenvalue weighted by molar-refractivity contribution is 0.297. The number of benzene rings is 1. The van der Waals surface area contributed by atoms with Gasteiger partial charge in [0.2, 0.25) is 0 Å². The minimum absolute atomic E-state index is 0.0741. The third-order valence-corrected chi connectivity index (χ3v) is 9.74. The molecular weight excluding hydrogens is 618 g/mol. The predicted octanol–water partition coefficient (Wildman–Crippen LogP) is 4.53. The van der Waals surface area contributed by atoms with Gasteiger partial charge in [-0.1, -0.05) is 64.6 Å². The average molecular weight is 646 g/mol. The minimum Gasteiger partial charge on any atom is -0.368 e. The van der Waals surface area contributed by atoms with E-state index in [4.69, 9.17) is 51.0 Å². The second-order valence-corrected chi connectivity index (χ2v) is 13.0. The number of hydrogen-bond donors (Lipinski definition) is 3. The summed E-state index contributed by atoms with van der Waals surface area (Å²) in [6, 6.07) is 12.5. The van der Waals surface area contributed by atoms with Crippen LogP contribution in [0.25, 0.3) is 0 Å². The van der Waals surface area contributed by atoms with Crippen molar-refractivity contribution in [2.24, 2.45) is 11.8 Å². The third-order valence-electron chi connectivity index (χ3n) is 7.50. The molecule has 40 heavy (non-hydrogen) atoms. The molecule has 0 spiro atoms. The van der Waals surface area contributed by atoms with Crippen molar-refractivity contribution >= 4 is 67.9 Å². The second-order valence-electron chi connectivity index (χ2n) is 10.1. The molecule has 3 aromatic rings. The number of fused-ring (bicyclic) bond motifs is 2. The Kier molecular flexibility index (Phi) is 9.28. The first kappa shape index (κ1) is 29.6. The first-order chi connectivity index (χ1) is 19.1. The van der Waals surface area contributed by atoms with Crippen LogP contribution in [0.5, 0.6) is 0 Å². The maximum Gasteiger partial charge on any atom is 0.294 e. The van der Waals surface area contributed by atoms with Crippen molar-refractivity contribution < 1.29 is 13.0 Å². The summed E-state index contributed by atoms with van der Waals surface area (Å²) in [5, 5.41) is 8.63. The highest BCUT2D eigenvalue weighted by Gasteiger charge is 2.40. The number of aromatic nitrogens is 2. The van der Waals surface area contributed by atoms with Crippen molar-refractivity contribution in [3.63, 3.8) is 0 Å². The average Bonchev–Trinajstić information content (AvgIpc) is 3.37. The Balaban J connectivity index is 0.000000124. The van der Waals surface area contributed by atoms with Gasteiger partial charge in [0.15, 0.2) is 0 Å². The fourth-order valence-electron chi connectivity index (χ4n) is 5.09. The van der Waals surface area contributed by atoms with E-state index in [0.29, 0.717) is 32.4 Å². The maximum atomic E-state index is 10.4. The van der Waals surface area contributed by atoms with Gasteiger partial charge in [-0.2, -0.15) is 8.42 Å². The van der Waals surface area contributed by atoms with Crippen LogP contribution in [0.3, 0.4) is 0 Å². The number of nitrogens with one attached hydrogen (secondary N) is 2. The van der Waals surface area contributed by atoms with Gasteiger partial charge in [0.25, 0.3) is 10.1 Å². The number of halogens is 4. The zero-order valence-corrected chi connectivity index (χ0v) is 25.1. The smallest absolute Gasteiger partial charge is 0.294 e. The van der Waals surface area contributed by atoms with E-state index in [9.17, 15) is 8.42 Å². The highest BCUT2D eigenvalue weighted by molar-refractivity contribution is 7.85. The first-order valence-electron chi connectivity index (χ1n) is 12.7. The monoisotopic (exact) mass is 644 g/mol. The summed E-state index contributed by atoms with van der Waals surface area (Å²) >= 11 is 23.5. The van der Waals surface area contributed by atoms with Crippen LogP contribution >= 0.6 is 46.4 Å². The number of nitrogens with zero attached hydrogens (tertiary/aromatic N) is 4. The molecule has 4 saturated heterocycles. The van der Waals surface area contributed by atoms with Crippen molar-refractivity contribution in [1.82, 2.24) is 20.6 Å². The molecule has 7 rings (SSSR count). The Labute approximate surface area is 253 Å². The molecule has 0 unspecified atom stereocenters. The zero-order chi connectivity index (χ0) is 28.4. The molecule has 0 amide bonds. The Hall–Kier alpha value is -1.89. The van der Waals surface area contributed by atoms with E-state index in [1.54, 1.807) is 30.6 Å². The number of hydrogen-bond acceptors (Lipinski definition) is 8. The quantitative estimate of drug-likeness (QED) is 0.280. The van der Waals surface area contributed by atoms with Gasteiger partial charge < -0.3 is 20.4 Å². The summed E-state index contributed by atoms with van der Waals surface area (Å²) in [6.07, 6.45) is 3.58. The van der Waals surface area contributed by atoms with Crippen LogP contribution in [0.15, 0.2) is 59.8 Å². The van der Waals surface area contributed by atoms with E-state index in [2.05, 4.69) is 30.4 Å². The zero-order valence-electron chi connectivity index (χ0n) is 21.2. The van der Waals surface area contributed by atoms with E-state index in [1.807, 2.05) is 12.1 Å². The highest BCUT2D eigenvalue weighted by Crippen LogP contribution is 2.32. The van der Waals surface area contributed by atoms with Gasteiger partial charge in [0.1, 0.15) is 10.3 Å². The summed E-state index contributed by atoms with van der Waals surface area (Å²) in [6.45, 7) is 6.55. The first-order valence-corrected chi connectivity index (χ1v) is 15.6. The van der Waals surface area contributed by atoms with Gasteiger partial charge >= 0.3 is 0 Å². The predicted molar refractivity (Wildman–Crippen MR) is 160 cm³/mol. The normalized spacial score (nSPS) is 24.4. The molecule has 214 valence electrons. The largest absolute Gasteiger partial charge is 0.368 e. The Morgan fingerprint density at radius 2 is 1.20 bits per heavy atom. The van der Waals surface area contributed by atoms with Gasteiger partial charge in [-0.3, -0.25) is 4.55 Å². The minimum atomic E-state index is -4.00. The SMILES string of the molecule is Clc1cc(N2C[C@@H]3CN[C@@H]3C2)cnc1Cl.Clc1cc(N2C[C@@H]3CN[C@@H]3C2)cnc1Cl.O=S(=O)(O)c1ccccc1. The molecule has 0 aliphatic carbocycles. The van der Waals surface area contributed by atoms with Crippen molar-refractivity contribution in [2.45, 2.75) is 17.0 Å². The summed E-state index contributed by atoms with van der Waals surface area (Å²) in [5.41, 5.74) is 2.14. The van der Waals surface area contributed by atoms with Crippen LogP contribution in [0.4, 0.5) is 11.4 Å². The number of rotatable bonds is 3. The molecule has 0 radical (unpaired) electrons. The van der Waals surface area contributed by atoms with E-state index in [-0.39, 0.29) is 4.90 Å². The summed E-state index contributed by atoms with van der Waals surface area (Å²) in [4.78, 5) is 12.7. The van der Waals surface area contributed by atoms with E-state index in [0.717, 1.165) is 62.5 Å². The molecule has 3 N–H and O–H groups in total. The molecule has 14 heteroatoms. The molecule has 1 aromatic carbocycles.